The summed E-state index contributed by atoms with van der Waals surface area (Å²) in [6, 6.07) is 18.1. The number of hydrogen-bond donors (Lipinski definition) is 2. The maximum Gasteiger partial charge on any atom is 0.266 e. The number of nitrogens with zero attached hydrogens (tertiary/aromatic N) is 1. The summed E-state index contributed by atoms with van der Waals surface area (Å²) in [4.78, 5) is 23.6. The van der Waals surface area contributed by atoms with Crippen molar-refractivity contribution < 1.29 is 19.1 Å². The molecule has 6 nitrogen and oxygen atoms in total. The molecule has 6 heteroatoms. The molecule has 0 radical (unpaired) electrons. The van der Waals surface area contributed by atoms with E-state index in [1.807, 2.05) is 6.07 Å². The van der Waals surface area contributed by atoms with Gasteiger partial charge >= 0.3 is 0 Å². The summed E-state index contributed by atoms with van der Waals surface area (Å²) in [5, 5.41) is 21.1. The Balaban J connectivity index is 1.78. The predicted molar refractivity (Wildman–Crippen MR) is 104 cm³/mol. The Morgan fingerprint density at radius 1 is 1.04 bits per heavy atom. The molecule has 0 saturated heterocycles. The Hall–Kier alpha value is -4.11. The van der Waals surface area contributed by atoms with Gasteiger partial charge in [0.05, 0.1) is 0 Å². The summed E-state index contributed by atoms with van der Waals surface area (Å²) in [5.41, 5.74) is 1.71. The number of hydrogen-bond acceptors (Lipinski definition) is 5. The van der Waals surface area contributed by atoms with Crippen molar-refractivity contribution in [3.8, 4) is 23.1 Å². The van der Waals surface area contributed by atoms with Crippen molar-refractivity contribution in [1.82, 2.24) is 0 Å². The highest BCUT2D eigenvalue weighted by Crippen LogP contribution is 2.24. The number of anilines is 1. The number of phenols is 1. The van der Waals surface area contributed by atoms with Gasteiger partial charge in [-0.2, -0.15) is 5.26 Å². The molecule has 1 aromatic heterocycles. The quantitative estimate of drug-likeness (QED) is 0.299. The molecule has 3 aromatic rings. The fourth-order valence-electron chi connectivity index (χ4n) is 2.49. The van der Waals surface area contributed by atoms with Crippen LogP contribution in [0.4, 0.5) is 5.69 Å². The van der Waals surface area contributed by atoms with E-state index < -0.39 is 5.91 Å². The average molecular weight is 372 g/mol. The van der Waals surface area contributed by atoms with Crippen LogP contribution in [0.1, 0.15) is 23.0 Å². The van der Waals surface area contributed by atoms with E-state index in [-0.39, 0.29) is 17.1 Å². The van der Waals surface area contributed by atoms with E-state index in [9.17, 15) is 20.0 Å². The van der Waals surface area contributed by atoms with Crippen molar-refractivity contribution in [3.63, 3.8) is 0 Å². The van der Waals surface area contributed by atoms with Crippen LogP contribution < -0.4 is 5.32 Å². The first-order chi connectivity index (χ1) is 13.5. The molecule has 1 heterocycles. The molecule has 0 bridgehead atoms. The molecule has 28 heavy (non-hydrogen) atoms. The summed E-state index contributed by atoms with van der Waals surface area (Å²) in [7, 11) is 0. The monoisotopic (exact) mass is 372 g/mol. The van der Waals surface area contributed by atoms with E-state index in [1.165, 1.54) is 37.3 Å². The molecule has 1 amide bonds. The molecule has 0 spiro atoms. The third-order valence-electron chi connectivity index (χ3n) is 3.98. The number of Topliss-reactive ketones (excluding diaryl/α,β-unsaturated/α-hetero) is 1. The third-order valence-corrected chi connectivity index (χ3v) is 3.98. The first-order valence-electron chi connectivity index (χ1n) is 8.39. The molecule has 0 aliphatic heterocycles. The number of amides is 1. The smallest absolute Gasteiger partial charge is 0.266 e. The van der Waals surface area contributed by atoms with Crippen LogP contribution >= 0.6 is 0 Å². The first-order valence-corrected chi connectivity index (χ1v) is 8.39. The second-order valence-corrected chi connectivity index (χ2v) is 6.01. The molecular weight excluding hydrogens is 356 g/mol. The molecule has 138 valence electrons. The van der Waals surface area contributed by atoms with Crippen LogP contribution in [0.3, 0.4) is 0 Å². The number of phenolic OH excluding ortho intramolecular Hbond substituents is 1. The molecule has 0 fully saturated rings. The van der Waals surface area contributed by atoms with Gasteiger partial charge in [-0.15, -0.1) is 0 Å². The number of aromatic hydroxyl groups is 1. The number of carbonyl (C=O) groups is 2. The number of furan rings is 1. The number of nitrogens with one attached hydrogen (secondary N) is 1. The van der Waals surface area contributed by atoms with E-state index in [1.54, 1.807) is 36.4 Å². The maximum atomic E-state index is 12.3. The van der Waals surface area contributed by atoms with E-state index in [0.717, 1.165) is 5.56 Å². The van der Waals surface area contributed by atoms with Crippen molar-refractivity contribution in [1.29, 1.82) is 5.26 Å². The van der Waals surface area contributed by atoms with Crippen LogP contribution in [0, 0.1) is 11.3 Å². The first kappa shape index (κ1) is 18.7. The molecular formula is C22H16N2O4. The Morgan fingerprint density at radius 3 is 2.32 bits per heavy atom. The Kier molecular flexibility index (Phi) is 5.38. The lowest BCUT2D eigenvalue weighted by atomic mass is 10.1. The van der Waals surface area contributed by atoms with Gasteiger partial charge in [0.1, 0.15) is 28.9 Å². The summed E-state index contributed by atoms with van der Waals surface area (Å²) >= 11 is 0. The zero-order chi connectivity index (χ0) is 20.1. The van der Waals surface area contributed by atoms with Gasteiger partial charge in [0.15, 0.2) is 5.78 Å². The average Bonchev–Trinajstić information content (AvgIpc) is 3.16. The normalized spacial score (nSPS) is 10.9. The Bertz CT molecular complexity index is 1080. The maximum absolute atomic E-state index is 12.3. The summed E-state index contributed by atoms with van der Waals surface area (Å²) in [6.07, 6.45) is 1.35. The Labute approximate surface area is 161 Å². The molecule has 3 rings (SSSR count). The predicted octanol–water partition coefficient (Wildman–Crippen LogP) is 4.40. The number of carbonyl (C=O) groups excluding carboxylic acids is 2. The van der Waals surface area contributed by atoms with E-state index in [2.05, 4.69) is 5.32 Å². The molecule has 0 aliphatic rings. The van der Waals surface area contributed by atoms with Crippen LogP contribution in [0.5, 0.6) is 5.75 Å². The zero-order valence-corrected chi connectivity index (χ0v) is 15.0. The van der Waals surface area contributed by atoms with E-state index in [4.69, 9.17) is 4.42 Å². The van der Waals surface area contributed by atoms with Gasteiger partial charge in [-0.3, -0.25) is 9.59 Å². The van der Waals surface area contributed by atoms with Crippen LogP contribution in [-0.2, 0) is 4.79 Å². The minimum absolute atomic E-state index is 0.0204. The summed E-state index contributed by atoms with van der Waals surface area (Å²) < 4.78 is 5.69. The minimum Gasteiger partial charge on any atom is -0.508 e. The van der Waals surface area contributed by atoms with Crippen LogP contribution in [0.2, 0.25) is 0 Å². The second kappa shape index (κ2) is 8.06. The van der Waals surface area contributed by atoms with Gasteiger partial charge in [-0.05, 0) is 43.3 Å². The Morgan fingerprint density at radius 2 is 1.71 bits per heavy atom. The number of nitriles is 1. The van der Waals surface area contributed by atoms with Crippen LogP contribution in [0.15, 0.2) is 70.7 Å². The van der Waals surface area contributed by atoms with Gasteiger partial charge in [-0.25, -0.2) is 0 Å². The van der Waals surface area contributed by atoms with Crippen LogP contribution in [0.25, 0.3) is 17.4 Å². The highest BCUT2D eigenvalue weighted by atomic mass is 16.3. The van der Waals surface area contributed by atoms with Gasteiger partial charge in [0.25, 0.3) is 5.91 Å². The van der Waals surface area contributed by atoms with Crippen molar-refractivity contribution in [2.75, 3.05) is 5.32 Å². The lowest BCUT2D eigenvalue weighted by Crippen LogP contribution is -2.13. The lowest BCUT2D eigenvalue weighted by molar-refractivity contribution is -0.112. The SMILES string of the molecule is CC(=O)c1ccc(-c2ccc(/C=C(/C#N)C(=O)Nc3ccc(O)cc3)o2)cc1. The number of ketones is 1. The van der Waals surface area contributed by atoms with Crippen LogP contribution in [-0.4, -0.2) is 16.8 Å². The second-order valence-electron chi connectivity index (χ2n) is 6.01. The topological polar surface area (TPSA) is 103 Å². The van der Waals surface area contributed by atoms with Crippen molar-refractivity contribution in [2.45, 2.75) is 6.92 Å². The third kappa shape index (κ3) is 4.34. The fraction of sp³-hybridized carbons (Fsp3) is 0.0455. The van der Waals surface area contributed by atoms with Crippen molar-refractivity contribution >= 4 is 23.5 Å². The van der Waals surface area contributed by atoms with Gasteiger partial charge in [-0.1, -0.05) is 24.3 Å². The molecule has 0 saturated carbocycles. The zero-order valence-electron chi connectivity index (χ0n) is 15.0. The molecule has 2 N–H and O–H groups in total. The molecule has 2 aromatic carbocycles. The number of benzene rings is 2. The molecule has 0 atom stereocenters. The highest BCUT2D eigenvalue weighted by molar-refractivity contribution is 6.09. The molecule has 0 aliphatic carbocycles. The van der Waals surface area contributed by atoms with E-state index >= 15 is 0 Å². The summed E-state index contributed by atoms with van der Waals surface area (Å²) in [6.45, 7) is 1.50. The highest BCUT2D eigenvalue weighted by Gasteiger charge is 2.12. The number of rotatable bonds is 5. The van der Waals surface area contributed by atoms with Crippen molar-refractivity contribution in [2.24, 2.45) is 0 Å². The summed E-state index contributed by atoms with van der Waals surface area (Å²) in [5.74, 6) is 0.374. The largest absolute Gasteiger partial charge is 0.508 e. The standard InChI is InChI=1S/C22H16N2O4/c1-14(25)15-2-4-16(5-3-15)21-11-10-20(28-21)12-17(13-23)22(27)24-18-6-8-19(26)9-7-18/h2-12,26H,1H3,(H,24,27)/b17-12-. The van der Waals surface area contributed by atoms with Gasteiger partial charge in [0.2, 0.25) is 0 Å². The minimum atomic E-state index is -0.586. The van der Waals surface area contributed by atoms with Gasteiger partial charge < -0.3 is 14.8 Å². The van der Waals surface area contributed by atoms with Crippen molar-refractivity contribution in [3.05, 3.63) is 77.6 Å². The molecule has 0 unspecified atom stereocenters. The van der Waals surface area contributed by atoms with E-state index in [0.29, 0.717) is 22.8 Å². The lowest BCUT2D eigenvalue weighted by Gasteiger charge is -2.03. The van der Waals surface area contributed by atoms with Gasteiger partial charge in [0, 0.05) is 22.9 Å². The fourth-order valence-corrected chi connectivity index (χ4v) is 2.49.